The predicted molar refractivity (Wildman–Crippen MR) is 136 cm³/mol. The Balaban J connectivity index is 1.86. The van der Waals surface area contributed by atoms with Crippen molar-refractivity contribution in [1.29, 1.82) is 0 Å². The molecule has 0 atom stereocenters. The van der Waals surface area contributed by atoms with Gasteiger partial charge in [0, 0.05) is 67.7 Å². The fourth-order valence-electron chi connectivity index (χ4n) is 3.63. The lowest BCUT2D eigenvalue weighted by Gasteiger charge is -2.17. The lowest BCUT2D eigenvalue weighted by Crippen LogP contribution is -2.17. The topological polar surface area (TPSA) is 117 Å². The van der Waals surface area contributed by atoms with Crippen LogP contribution in [0.2, 0.25) is 0 Å². The van der Waals surface area contributed by atoms with Crippen LogP contribution in [0.5, 0.6) is 11.5 Å². The van der Waals surface area contributed by atoms with Gasteiger partial charge in [-0.3, -0.25) is 0 Å². The Morgan fingerprint density at radius 1 is 1.00 bits per heavy atom. The molecule has 3 heterocycles. The van der Waals surface area contributed by atoms with Crippen LogP contribution in [0.1, 0.15) is 16.1 Å². The molecule has 0 aliphatic carbocycles. The van der Waals surface area contributed by atoms with Crippen LogP contribution >= 0.6 is 0 Å². The molecule has 14 heteroatoms. The molecule has 0 aliphatic rings. The summed E-state index contributed by atoms with van der Waals surface area (Å²) in [5.41, 5.74) is 0.174. The average Bonchev–Trinajstić information content (AvgIpc) is 3.43. The summed E-state index contributed by atoms with van der Waals surface area (Å²) in [4.78, 5) is 27.2. The number of esters is 1. The number of benzene rings is 1. The van der Waals surface area contributed by atoms with Crippen LogP contribution in [0, 0.1) is 0 Å². The SMILES string of the molecule is COC(=O)c1cc(-c2cnc(Nc3cc(OC)cc(OC)c3)nc2-n2ccc(C(F)(F)F)n2)cnc1N(C)C. The first-order chi connectivity index (χ1) is 18.5. The maximum atomic E-state index is 13.3. The van der Waals surface area contributed by atoms with Gasteiger partial charge in [0.1, 0.15) is 22.9 Å². The number of hydrogen-bond donors (Lipinski definition) is 1. The number of carbonyl (C=O) groups is 1. The van der Waals surface area contributed by atoms with E-state index in [4.69, 9.17) is 14.2 Å². The second-order valence-corrected chi connectivity index (χ2v) is 8.28. The molecule has 39 heavy (non-hydrogen) atoms. The Hall–Kier alpha value is -4.88. The summed E-state index contributed by atoms with van der Waals surface area (Å²) in [6.07, 6.45) is -0.679. The predicted octanol–water partition coefficient (Wildman–Crippen LogP) is 4.36. The van der Waals surface area contributed by atoms with E-state index in [2.05, 4.69) is 25.4 Å². The van der Waals surface area contributed by atoms with E-state index in [1.807, 2.05) is 0 Å². The lowest BCUT2D eigenvalue weighted by molar-refractivity contribution is -0.141. The normalized spacial score (nSPS) is 11.2. The smallest absolute Gasteiger partial charge is 0.435 e. The number of ether oxygens (including phenoxy) is 3. The van der Waals surface area contributed by atoms with Gasteiger partial charge in [0.2, 0.25) is 5.95 Å². The first-order valence-corrected chi connectivity index (χ1v) is 11.3. The largest absolute Gasteiger partial charge is 0.497 e. The lowest BCUT2D eigenvalue weighted by atomic mass is 10.1. The molecule has 0 amide bonds. The molecule has 0 saturated carbocycles. The number of rotatable bonds is 8. The molecule has 0 saturated heterocycles. The standard InChI is InChI=1S/C25H24F3N7O4/c1-34(2)21-18(23(36)39-5)8-14(12-29-21)19-13-30-24(31-15-9-16(37-3)11-17(10-15)38-4)32-22(19)35-7-6-20(33-35)25(26,27)28/h6-13H,1-5H3,(H,30,31,32). The van der Waals surface area contributed by atoms with Crippen molar-refractivity contribution in [3.05, 3.63) is 60.2 Å². The van der Waals surface area contributed by atoms with Gasteiger partial charge >= 0.3 is 12.1 Å². The first-order valence-electron chi connectivity index (χ1n) is 11.3. The van der Waals surface area contributed by atoms with Crippen LogP contribution in [0.15, 0.2) is 48.9 Å². The third-order valence-electron chi connectivity index (χ3n) is 5.48. The van der Waals surface area contributed by atoms with Crippen molar-refractivity contribution >= 4 is 23.4 Å². The summed E-state index contributed by atoms with van der Waals surface area (Å²) < 4.78 is 56.4. The number of methoxy groups -OCH3 is 3. The summed E-state index contributed by atoms with van der Waals surface area (Å²) in [6, 6.07) is 7.35. The maximum absolute atomic E-state index is 13.3. The molecule has 0 spiro atoms. The van der Waals surface area contributed by atoms with E-state index in [0.29, 0.717) is 28.6 Å². The van der Waals surface area contributed by atoms with Gasteiger partial charge in [0.05, 0.1) is 21.3 Å². The number of nitrogens with one attached hydrogen (secondary N) is 1. The Kier molecular flexibility index (Phi) is 7.56. The number of carbonyl (C=O) groups excluding carboxylic acids is 1. The van der Waals surface area contributed by atoms with E-state index in [0.717, 1.165) is 16.9 Å². The zero-order chi connectivity index (χ0) is 28.3. The second-order valence-electron chi connectivity index (χ2n) is 8.28. The maximum Gasteiger partial charge on any atom is 0.435 e. The van der Waals surface area contributed by atoms with Crippen molar-refractivity contribution in [2.75, 3.05) is 45.6 Å². The molecule has 0 aliphatic heterocycles. The minimum Gasteiger partial charge on any atom is -0.497 e. The van der Waals surface area contributed by atoms with Crippen LogP contribution in [0.3, 0.4) is 0 Å². The highest BCUT2D eigenvalue weighted by molar-refractivity contribution is 5.96. The van der Waals surface area contributed by atoms with E-state index in [9.17, 15) is 18.0 Å². The van der Waals surface area contributed by atoms with Crippen molar-refractivity contribution in [3.63, 3.8) is 0 Å². The molecule has 0 radical (unpaired) electrons. The van der Waals surface area contributed by atoms with Gasteiger partial charge in [-0.25, -0.2) is 19.4 Å². The quantitative estimate of drug-likeness (QED) is 0.322. The van der Waals surface area contributed by atoms with E-state index in [-0.39, 0.29) is 22.9 Å². The zero-order valence-electron chi connectivity index (χ0n) is 21.6. The van der Waals surface area contributed by atoms with Gasteiger partial charge in [0.15, 0.2) is 11.5 Å². The highest BCUT2D eigenvalue weighted by Crippen LogP contribution is 2.33. The molecule has 0 unspecified atom stereocenters. The molecule has 4 aromatic rings. The number of hydrogen-bond acceptors (Lipinski definition) is 10. The van der Waals surface area contributed by atoms with Gasteiger partial charge in [-0.05, 0) is 12.1 Å². The highest BCUT2D eigenvalue weighted by atomic mass is 19.4. The number of aromatic nitrogens is 5. The summed E-state index contributed by atoms with van der Waals surface area (Å²) >= 11 is 0. The molecule has 0 bridgehead atoms. The molecule has 0 fully saturated rings. The number of halogens is 3. The van der Waals surface area contributed by atoms with Gasteiger partial charge in [-0.2, -0.15) is 23.3 Å². The minimum atomic E-state index is -4.66. The molecular weight excluding hydrogens is 519 g/mol. The molecule has 1 N–H and O–H groups in total. The average molecular weight is 544 g/mol. The van der Waals surface area contributed by atoms with Crippen LogP contribution in [0.25, 0.3) is 16.9 Å². The molecule has 3 aromatic heterocycles. The van der Waals surface area contributed by atoms with Crippen LogP contribution in [-0.4, -0.2) is 66.1 Å². The van der Waals surface area contributed by atoms with Crippen LogP contribution in [-0.2, 0) is 10.9 Å². The fourth-order valence-corrected chi connectivity index (χ4v) is 3.63. The van der Waals surface area contributed by atoms with Gasteiger partial charge < -0.3 is 24.4 Å². The van der Waals surface area contributed by atoms with Gasteiger partial charge in [0.25, 0.3) is 0 Å². The molecule has 4 rings (SSSR count). The van der Waals surface area contributed by atoms with E-state index in [1.165, 1.54) is 39.8 Å². The van der Waals surface area contributed by atoms with Crippen molar-refractivity contribution in [1.82, 2.24) is 24.7 Å². The Bertz CT molecular complexity index is 1480. The summed E-state index contributed by atoms with van der Waals surface area (Å²) in [6.45, 7) is 0. The summed E-state index contributed by atoms with van der Waals surface area (Å²) in [5.74, 6) is 0.763. The minimum absolute atomic E-state index is 0.00748. The molecule has 1 aromatic carbocycles. The summed E-state index contributed by atoms with van der Waals surface area (Å²) in [5, 5.41) is 6.67. The third kappa shape index (κ3) is 5.84. The van der Waals surface area contributed by atoms with Gasteiger partial charge in [-0.15, -0.1) is 0 Å². The molecule has 11 nitrogen and oxygen atoms in total. The number of nitrogens with zero attached hydrogens (tertiary/aromatic N) is 6. The van der Waals surface area contributed by atoms with Crippen molar-refractivity contribution in [2.45, 2.75) is 6.18 Å². The van der Waals surface area contributed by atoms with E-state index >= 15 is 0 Å². The van der Waals surface area contributed by atoms with Gasteiger partial charge in [-0.1, -0.05) is 0 Å². The van der Waals surface area contributed by atoms with E-state index in [1.54, 1.807) is 37.2 Å². The van der Waals surface area contributed by atoms with Crippen LogP contribution < -0.4 is 19.7 Å². The Labute approximate surface area is 221 Å². The van der Waals surface area contributed by atoms with Crippen molar-refractivity contribution in [3.8, 4) is 28.4 Å². The monoisotopic (exact) mass is 543 g/mol. The molecular formula is C25H24F3N7O4. The molecule has 204 valence electrons. The highest BCUT2D eigenvalue weighted by Gasteiger charge is 2.34. The van der Waals surface area contributed by atoms with Crippen LogP contribution in [0.4, 0.5) is 30.6 Å². The van der Waals surface area contributed by atoms with E-state index < -0.39 is 17.8 Å². The van der Waals surface area contributed by atoms with Crippen molar-refractivity contribution in [2.24, 2.45) is 0 Å². The summed E-state index contributed by atoms with van der Waals surface area (Å²) in [7, 11) is 7.64. The second kappa shape index (κ2) is 10.8. The Morgan fingerprint density at radius 3 is 2.26 bits per heavy atom. The van der Waals surface area contributed by atoms with Crippen molar-refractivity contribution < 1.29 is 32.2 Å². The zero-order valence-corrected chi connectivity index (χ0v) is 21.6. The number of anilines is 3. The number of alkyl halides is 3. The third-order valence-corrected chi connectivity index (χ3v) is 5.48. The fraction of sp³-hybridized carbons (Fsp3) is 0.240. The number of pyridine rings is 1. The first kappa shape index (κ1) is 27.2. The Morgan fingerprint density at radius 2 is 1.69 bits per heavy atom.